The number of aromatic nitrogens is 3. The van der Waals surface area contributed by atoms with Crippen molar-refractivity contribution in [3.05, 3.63) is 59.5 Å². The number of pyridine rings is 1. The Kier molecular flexibility index (Phi) is 6.39. The van der Waals surface area contributed by atoms with Gasteiger partial charge in [0.05, 0.1) is 12.1 Å². The molecule has 2 N–H and O–H groups in total. The summed E-state index contributed by atoms with van der Waals surface area (Å²) in [6.07, 6.45) is -0.501. The van der Waals surface area contributed by atoms with Gasteiger partial charge in [0.2, 0.25) is 12.7 Å². The van der Waals surface area contributed by atoms with E-state index in [0.29, 0.717) is 19.5 Å². The number of nitrogens with zero attached hydrogens (tertiary/aromatic N) is 3. The number of H-pyrrole nitrogens is 1. The summed E-state index contributed by atoms with van der Waals surface area (Å²) in [6.45, 7) is 1.48. The minimum Gasteiger partial charge on any atom is -0.475 e. The lowest BCUT2D eigenvalue weighted by atomic mass is 10.00. The summed E-state index contributed by atoms with van der Waals surface area (Å²) in [7, 11) is 0. The molecule has 5 rings (SSSR count). The van der Waals surface area contributed by atoms with E-state index in [4.69, 9.17) is 19.4 Å². The van der Waals surface area contributed by atoms with E-state index in [-0.39, 0.29) is 12.7 Å². The molecular formula is C22H19F3N4O5. The van der Waals surface area contributed by atoms with Crippen LogP contribution in [0.2, 0.25) is 0 Å². The van der Waals surface area contributed by atoms with Gasteiger partial charge in [0.25, 0.3) is 0 Å². The first kappa shape index (κ1) is 23.1. The second-order valence-electron chi connectivity index (χ2n) is 7.50. The Labute approximate surface area is 191 Å². The summed E-state index contributed by atoms with van der Waals surface area (Å²) in [5, 5.41) is 14.8. The summed E-state index contributed by atoms with van der Waals surface area (Å²) in [4.78, 5) is 27.6. The number of carboxylic acids is 1. The van der Waals surface area contributed by atoms with Crippen LogP contribution in [0.1, 0.15) is 16.8 Å². The van der Waals surface area contributed by atoms with Crippen molar-refractivity contribution < 1.29 is 37.3 Å². The van der Waals surface area contributed by atoms with Crippen LogP contribution in [-0.2, 0) is 29.0 Å². The molecule has 0 atom stereocenters. The molecule has 2 aromatic heterocycles. The maximum absolute atomic E-state index is 12.7. The van der Waals surface area contributed by atoms with Gasteiger partial charge in [0, 0.05) is 48.7 Å². The summed E-state index contributed by atoms with van der Waals surface area (Å²) in [6, 6.07) is 9.59. The number of rotatable bonds is 3. The predicted octanol–water partition coefficient (Wildman–Crippen LogP) is 2.96. The van der Waals surface area contributed by atoms with Gasteiger partial charge in [-0.25, -0.2) is 4.79 Å². The molecule has 34 heavy (non-hydrogen) atoms. The topological polar surface area (TPSA) is 118 Å². The van der Waals surface area contributed by atoms with E-state index in [0.717, 1.165) is 46.0 Å². The largest absolute Gasteiger partial charge is 0.490 e. The first-order chi connectivity index (χ1) is 16.2. The van der Waals surface area contributed by atoms with Crippen molar-refractivity contribution in [1.29, 1.82) is 0 Å². The summed E-state index contributed by atoms with van der Waals surface area (Å²) >= 11 is 0. The number of carbonyl (C=O) groups excluding carboxylic acids is 1. The smallest absolute Gasteiger partial charge is 0.475 e. The van der Waals surface area contributed by atoms with Crippen LogP contribution < -0.4 is 9.47 Å². The van der Waals surface area contributed by atoms with Gasteiger partial charge in [-0.05, 0) is 29.8 Å². The van der Waals surface area contributed by atoms with Crippen LogP contribution in [0.25, 0.3) is 11.3 Å². The number of aliphatic carboxylic acids is 1. The Morgan fingerprint density at radius 3 is 2.65 bits per heavy atom. The Balaban J connectivity index is 0.000000344. The summed E-state index contributed by atoms with van der Waals surface area (Å²) < 4.78 is 42.6. The van der Waals surface area contributed by atoms with E-state index in [9.17, 15) is 18.0 Å². The minimum atomic E-state index is -5.08. The van der Waals surface area contributed by atoms with E-state index in [1.165, 1.54) is 0 Å². The third kappa shape index (κ3) is 5.11. The standard InChI is InChI=1S/C20H18N4O3.C2HF3O2/c25-19(8-13-2-1-6-21-10-13)24-7-5-16-15(11-24)20(23-22-16)14-3-4-17-18(9-14)27-12-26-17;3-2(4,5)1(6)7/h1-4,6,9-10H,5,7-8,11-12H2,(H,22,23);(H,6,7). The van der Waals surface area contributed by atoms with Crippen molar-refractivity contribution in [1.82, 2.24) is 20.1 Å². The predicted molar refractivity (Wildman–Crippen MR) is 111 cm³/mol. The zero-order chi connectivity index (χ0) is 24.3. The molecule has 0 radical (unpaired) electrons. The van der Waals surface area contributed by atoms with Gasteiger partial charge in [-0.15, -0.1) is 0 Å². The fraction of sp³-hybridized carbons (Fsp3) is 0.273. The second-order valence-corrected chi connectivity index (χ2v) is 7.50. The van der Waals surface area contributed by atoms with Gasteiger partial charge in [0.1, 0.15) is 0 Å². The number of fused-ring (bicyclic) bond motifs is 2. The van der Waals surface area contributed by atoms with Gasteiger partial charge >= 0.3 is 12.1 Å². The van der Waals surface area contributed by atoms with Crippen molar-refractivity contribution in [2.75, 3.05) is 13.3 Å². The molecule has 0 saturated heterocycles. The lowest BCUT2D eigenvalue weighted by molar-refractivity contribution is -0.192. The monoisotopic (exact) mass is 476 g/mol. The lowest BCUT2D eigenvalue weighted by Gasteiger charge is -2.27. The zero-order valence-corrected chi connectivity index (χ0v) is 17.6. The van der Waals surface area contributed by atoms with Crippen LogP contribution in [0.3, 0.4) is 0 Å². The van der Waals surface area contributed by atoms with Crippen LogP contribution in [0.5, 0.6) is 11.5 Å². The van der Waals surface area contributed by atoms with Crippen molar-refractivity contribution in [3.63, 3.8) is 0 Å². The number of alkyl halides is 3. The highest BCUT2D eigenvalue weighted by Gasteiger charge is 2.38. The lowest BCUT2D eigenvalue weighted by Crippen LogP contribution is -2.36. The number of nitrogens with one attached hydrogen (secondary N) is 1. The molecule has 0 fully saturated rings. The molecule has 3 aromatic rings. The fourth-order valence-electron chi connectivity index (χ4n) is 3.58. The normalized spacial score (nSPS) is 14.1. The van der Waals surface area contributed by atoms with Gasteiger partial charge in [-0.2, -0.15) is 18.3 Å². The number of aromatic amines is 1. The Hall–Kier alpha value is -4.09. The number of hydrogen-bond donors (Lipinski definition) is 2. The van der Waals surface area contributed by atoms with Crippen LogP contribution in [-0.4, -0.2) is 56.6 Å². The Bertz CT molecular complexity index is 1200. The van der Waals surface area contributed by atoms with Gasteiger partial charge in [-0.1, -0.05) is 6.07 Å². The van der Waals surface area contributed by atoms with Gasteiger partial charge in [0.15, 0.2) is 11.5 Å². The third-order valence-corrected chi connectivity index (χ3v) is 5.25. The van der Waals surface area contributed by atoms with Crippen LogP contribution in [0, 0.1) is 0 Å². The van der Waals surface area contributed by atoms with E-state index in [2.05, 4.69) is 15.2 Å². The number of ether oxygens (including phenoxy) is 2. The quantitative estimate of drug-likeness (QED) is 0.597. The van der Waals surface area contributed by atoms with E-state index in [1.807, 2.05) is 35.2 Å². The van der Waals surface area contributed by atoms with Crippen LogP contribution in [0.15, 0.2) is 42.7 Å². The average Bonchev–Trinajstić information content (AvgIpc) is 3.45. The molecule has 2 aliphatic rings. The van der Waals surface area contributed by atoms with Crippen LogP contribution in [0.4, 0.5) is 13.2 Å². The fourth-order valence-corrected chi connectivity index (χ4v) is 3.58. The maximum atomic E-state index is 12.7. The van der Waals surface area contributed by atoms with E-state index >= 15 is 0 Å². The molecule has 12 heteroatoms. The van der Waals surface area contributed by atoms with E-state index in [1.54, 1.807) is 12.4 Å². The molecule has 0 spiro atoms. The molecule has 0 unspecified atom stereocenters. The van der Waals surface area contributed by atoms with Gasteiger partial charge in [-0.3, -0.25) is 14.9 Å². The average molecular weight is 476 g/mol. The summed E-state index contributed by atoms with van der Waals surface area (Å²) in [5.74, 6) is -1.18. The van der Waals surface area contributed by atoms with Crippen molar-refractivity contribution in [2.24, 2.45) is 0 Å². The van der Waals surface area contributed by atoms with Crippen molar-refractivity contribution in [2.45, 2.75) is 25.6 Å². The minimum absolute atomic E-state index is 0.103. The number of carboxylic acid groups (broad SMARTS) is 1. The zero-order valence-electron chi connectivity index (χ0n) is 17.6. The highest BCUT2D eigenvalue weighted by molar-refractivity contribution is 5.79. The first-order valence-corrected chi connectivity index (χ1v) is 10.2. The second kappa shape index (κ2) is 9.41. The van der Waals surface area contributed by atoms with Crippen molar-refractivity contribution >= 4 is 11.9 Å². The molecule has 9 nitrogen and oxygen atoms in total. The SMILES string of the molecule is O=C(Cc1cccnc1)N1CCc2[nH]nc(-c3ccc4c(c3)OCO4)c2C1.O=C(O)C(F)(F)F. The van der Waals surface area contributed by atoms with Gasteiger partial charge < -0.3 is 19.5 Å². The molecule has 4 heterocycles. The summed E-state index contributed by atoms with van der Waals surface area (Å²) in [5.41, 5.74) is 4.91. The number of amides is 1. The Morgan fingerprint density at radius 2 is 1.94 bits per heavy atom. The molecule has 2 aliphatic heterocycles. The maximum Gasteiger partial charge on any atom is 0.490 e. The molecule has 0 aliphatic carbocycles. The van der Waals surface area contributed by atoms with E-state index < -0.39 is 12.1 Å². The third-order valence-electron chi connectivity index (χ3n) is 5.25. The number of halogens is 3. The molecular weight excluding hydrogens is 457 g/mol. The molecule has 1 aromatic carbocycles. The number of hydrogen-bond acceptors (Lipinski definition) is 6. The number of benzene rings is 1. The molecule has 0 saturated carbocycles. The van der Waals surface area contributed by atoms with Crippen molar-refractivity contribution in [3.8, 4) is 22.8 Å². The highest BCUT2D eigenvalue weighted by Crippen LogP contribution is 2.37. The molecule has 1 amide bonds. The first-order valence-electron chi connectivity index (χ1n) is 10.2. The molecule has 178 valence electrons. The molecule has 0 bridgehead atoms. The number of carbonyl (C=O) groups is 2. The van der Waals surface area contributed by atoms with Crippen LogP contribution >= 0.6 is 0 Å². The highest BCUT2D eigenvalue weighted by atomic mass is 19.4. The Morgan fingerprint density at radius 1 is 1.18 bits per heavy atom.